The molecule has 2 atom stereocenters. The van der Waals surface area contributed by atoms with Crippen molar-refractivity contribution in [1.29, 1.82) is 0 Å². The average Bonchev–Trinajstić information content (AvgIpc) is 3.25. The largest absolute Gasteiger partial charge is 0.360 e. The number of nitrogens with zero attached hydrogens (tertiary/aromatic N) is 1. The maximum atomic E-state index is 13.1. The third-order valence-corrected chi connectivity index (χ3v) is 7.15. The lowest BCUT2D eigenvalue weighted by Gasteiger charge is -2.33. The van der Waals surface area contributed by atoms with E-state index < -0.39 is 0 Å². The highest BCUT2D eigenvalue weighted by Crippen LogP contribution is 2.25. The zero-order valence-electron chi connectivity index (χ0n) is 20.4. The van der Waals surface area contributed by atoms with Gasteiger partial charge in [-0.3, -0.25) is 19.0 Å². The molecule has 4 aromatic rings. The normalized spacial score (nSPS) is 17.1. The van der Waals surface area contributed by atoms with Crippen LogP contribution in [0.3, 0.4) is 0 Å². The molecule has 0 saturated heterocycles. The zero-order chi connectivity index (χ0) is 25.2. The van der Waals surface area contributed by atoms with E-state index in [2.05, 4.69) is 15.6 Å². The van der Waals surface area contributed by atoms with Crippen LogP contribution in [0.1, 0.15) is 52.0 Å². The smallest absolute Gasteiger partial charge is 0.255 e. The molecule has 1 fully saturated rings. The van der Waals surface area contributed by atoms with Gasteiger partial charge in [-0.1, -0.05) is 36.6 Å². The van der Waals surface area contributed by atoms with Gasteiger partial charge in [0.25, 0.3) is 17.4 Å². The first kappa shape index (κ1) is 26.6. The van der Waals surface area contributed by atoms with E-state index in [1.165, 1.54) is 6.07 Å². The molecule has 9 heteroatoms. The SMILES string of the molecule is Cc1cc(C(=O)NC2CCCC[C@H]2NC(=O)c2ccc3c(Cl)c[nH]c3c2)ccc1-n1ccccc1=O.S. The standard InChI is InChI=1S/C28H27ClN4O3.H2S/c1-17-14-18(10-12-25(17)33-13-5-4-8-26(33)34)27(35)31-22-6-2-3-7-23(22)32-28(36)19-9-11-20-21(29)16-30-24(20)15-19;/h4-5,8-16,22-23,30H,2-3,6-7H2,1H3,(H,31,35)(H,32,36);1H2/t22?,23-;/m1./s1. The number of hydrogen-bond donors (Lipinski definition) is 3. The van der Waals surface area contributed by atoms with Crippen LogP contribution < -0.4 is 16.2 Å². The highest BCUT2D eigenvalue weighted by atomic mass is 35.5. The first-order valence-electron chi connectivity index (χ1n) is 12.1. The predicted molar refractivity (Wildman–Crippen MR) is 151 cm³/mol. The molecule has 7 nitrogen and oxygen atoms in total. The summed E-state index contributed by atoms with van der Waals surface area (Å²) in [5.74, 6) is -0.374. The number of nitrogens with one attached hydrogen (secondary N) is 3. The summed E-state index contributed by atoms with van der Waals surface area (Å²) in [7, 11) is 0. The molecule has 192 valence electrons. The molecule has 0 bridgehead atoms. The van der Waals surface area contributed by atoms with Crippen LogP contribution in [0.5, 0.6) is 0 Å². The predicted octanol–water partition coefficient (Wildman–Crippen LogP) is 4.86. The van der Waals surface area contributed by atoms with Gasteiger partial charge in [-0.25, -0.2) is 0 Å². The Morgan fingerprint density at radius 1 is 0.946 bits per heavy atom. The zero-order valence-corrected chi connectivity index (χ0v) is 22.1. The number of aromatic nitrogens is 2. The van der Waals surface area contributed by atoms with E-state index in [9.17, 15) is 14.4 Å². The maximum Gasteiger partial charge on any atom is 0.255 e. The van der Waals surface area contributed by atoms with Crippen LogP contribution in [0, 0.1) is 6.92 Å². The molecule has 5 rings (SSSR count). The van der Waals surface area contributed by atoms with Gasteiger partial charge in [0, 0.05) is 52.6 Å². The number of H-pyrrole nitrogens is 1. The summed E-state index contributed by atoms with van der Waals surface area (Å²) in [6.45, 7) is 1.88. The second kappa shape index (κ2) is 11.3. The van der Waals surface area contributed by atoms with E-state index in [-0.39, 0.29) is 43.0 Å². The number of fused-ring (bicyclic) bond motifs is 1. The van der Waals surface area contributed by atoms with Gasteiger partial charge in [-0.15, -0.1) is 0 Å². The van der Waals surface area contributed by atoms with Crippen LogP contribution in [-0.2, 0) is 0 Å². The van der Waals surface area contributed by atoms with Gasteiger partial charge < -0.3 is 15.6 Å². The van der Waals surface area contributed by atoms with Crippen molar-refractivity contribution < 1.29 is 9.59 Å². The molecule has 2 heterocycles. The molecule has 0 aliphatic heterocycles. The molecular weight excluding hydrogens is 508 g/mol. The van der Waals surface area contributed by atoms with Crippen LogP contribution in [0.2, 0.25) is 5.02 Å². The van der Waals surface area contributed by atoms with E-state index in [0.717, 1.165) is 47.8 Å². The van der Waals surface area contributed by atoms with E-state index in [4.69, 9.17) is 11.6 Å². The molecule has 2 aromatic heterocycles. The fourth-order valence-electron chi connectivity index (χ4n) is 4.91. The van der Waals surface area contributed by atoms with Gasteiger partial charge >= 0.3 is 0 Å². The van der Waals surface area contributed by atoms with E-state index in [1.807, 2.05) is 13.0 Å². The van der Waals surface area contributed by atoms with Crippen molar-refractivity contribution >= 4 is 47.8 Å². The second-order valence-electron chi connectivity index (χ2n) is 9.25. The molecule has 3 N–H and O–H groups in total. The average molecular weight is 537 g/mol. The highest BCUT2D eigenvalue weighted by Gasteiger charge is 2.28. The number of pyridine rings is 1. The summed E-state index contributed by atoms with van der Waals surface area (Å²) in [5.41, 5.74) is 3.29. The topological polar surface area (TPSA) is 96.0 Å². The van der Waals surface area contributed by atoms with Gasteiger partial charge in [0.1, 0.15) is 0 Å². The summed E-state index contributed by atoms with van der Waals surface area (Å²) in [5, 5.41) is 7.74. The number of amides is 2. The summed E-state index contributed by atoms with van der Waals surface area (Å²) < 4.78 is 1.56. The lowest BCUT2D eigenvalue weighted by atomic mass is 9.89. The molecule has 37 heavy (non-hydrogen) atoms. The Labute approximate surface area is 226 Å². The van der Waals surface area contributed by atoms with Crippen LogP contribution >= 0.6 is 25.1 Å². The lowest BCUT2D eigenvalue weighted by Crippen LogP contribution is -2.53. The molecule has 2 aromatic carbocycles. The fraction of sp³-hybridized carbons (Fsp3) is 0.250. The minimum Gasteiger partial charge on any atom is -0.360 e. The van der Waals surface area contributed by atoms with Crippen LogP contribution in [0.4, 0.5) is 0 Å². The van der Waals surface area contributed by atoms with Gasteiger partial charge in [0.05, 0.1) is 10.7 Å². The van der Waals surface area contributed by atoms with Crippen molar-refractivity contribution in [3.05, 3.63) is 99.1 Å². The Hall–Kier alpha value is -3.49. The number of aromatic amines is 1. The van der Waals surface area contributed by atoms with Gasteiger partial charge in [-0.2, -0.15) is 13.5 Å². The number of rotatable bonds is 5. The van der Waals surface area contributed by atoms with Gasteiger partial charge in [-0.05, 0) is 61.7 Å². The highest BCUT2D eigenvalue weighted by molar-refractivity contribution is 7.59. The fourth-order valence-corrected chi connectivity index (χ4v) is 5.12. The molecule has 1 aliphatic rings. The quantitative estimate of drug-likeness (QED) is 0.340. The summed E-state index contributed by atoms with van der Waals surface area (Å²) in [6, 6.07) is 15.3. The molecule has 1 unspecified atom stereocenters. The molecule has 0 radical (unpaired) electrons. The third kappa shape index (κ3) is 5.60. The Morgan fingerprint density at radius 3 is 2.24 bits per heavy atom. The molecule has 2 amide bonds. The number of aryl methyl sites for hydroxylation is 1. The Bertz CT molecular complexity index is 1510. The minimum absolute atomic E-state index is 0. The van der Waals surface area contributed by atoms with Crippen molar-refractivity contribution in [2.75, 3.05) is 0 Å². The van der Waals surface area contributed by atoms with Crippen molar-refractivity contribution in [3.8, 4) is 5.69 Å². The number of benzene rings is 2. The van der Waals surface area contributed by atoms with Crippen molar-refractivity contribution in [2.45, 2.75) is 44.7 Å². The second-order valence-corrected chi connectivity index (χ2v) is 9.66. The van der Waals surface area contributed by atoms with Crippen LogP contribution in [-0.4, -0.2) is 33.4 Å². The Morgan fingerprint density at radius 2 is 1.59 bits per heavy atom. The summed E-state index contributed by atoms with van der Waals surface area (Å²) in [6.07, 6.45) is 6.97. The van der Waals surface area contributed by atoms with Crippen molar-refractivity contribution in [1.82, 2.24) is 20.2 Å². The van der Waals surface area contributed by atoms with Gasteiger partial charge in [0.2, 0.25) is 0 Å². The first-order valence-corrected chi connectivity index (χ1v) is 12.5. The number of carbonyl (C=O) groups is 2. The summed E-state index contributed by atoms with van der Waals surface area (Å²) in [4.78, 5) is 41.4. The van der Waals surface area contributed by atoms with Crippen molar-refractivity contribution in [3.63, 3.8) is 0 Å². The van der Waals surface area contributed by atoms with E-state index in [1.54, 1.807) is 59.4 Å². The van der Waals surface area contributed by atoms with Crippen LogP contribution in [0.25, 0.3) is 16.6 Å². The first-order chi connectivity index (χ1) is 17.4. The summed E-state index contributed by atoms with van der Waals surface area (Å²) >= 11 is 6.15. The third-order valence-electron chi connectivity index (χ3n) is 6.83. The molecular formula is C28H29ClN4O3S. The molecule has 1 aliphatic carbocycles. The van der Waals surface area contributed by atoms with Crippen LogP contribution in [0.15, 0.2) is 71.8 Å². The molecule has 0 spiro atoms. The van der Waals surface area contributed by atoms with Crippen molar-refractivity contribution in [2.24, 2.45) is 0 Å². The monoisotopic (exact) mass is 536 g/mol. The molecule has 1 saturated carbocycles. The minimum atomic E-state index is -0.196. The Kier molecular flexibility index (Phi) is 8.10. The van der Waals surface area contributed by atoms with Gasteiger partial charge in [0.15, 0.2) is 0 Å². The number of hydrogen-bond acceptors (Lipinski definition) is 3. The van der Waals surface area contributed by atoms with E-state index >= 15 is 0 Å². The van der Waals surface area contributed by atoms with E-state index in [0.29, 0.717) is 16.1 Å². The number of halogens is 1. The number of carbonyl (C=O) groups excluding carboxylic acids is 2. The maximum absolute atomic E-state index is 13.1. The Balaban J connectivity index is 0.00000320. The lowest BCUT2D eigenvalue weighted by molar-refractivity contribution is 0.0863.